The number of anilines is 1. The number of nitrogens with zero attached hydrogens (tertiary/aromatic N) is 1. The number of ether oxygens (including phenoxy) is 1. The summed E-state index contributed by atoms with van der Waals surface area (Å²) in [5.74, 6) is -0.454. The van der Waals surface area contributed by atoms with Crippen LogP contribution in [0.2, 0.25) is 0 Å². The highest BCUT2D eigenvalue weighted by molar-refractivity contribution is 5.85. The highest BCUT2D eigenvalue weighted by Crippen LogP contribution is 2.33. The Bertz CT molecular complexity index is 807. The summed E-state index contributed by atoms with van der Waals surface area (Å²) in [5.41, 5.74) is -0.346. The molecule has 8 heteroatoms. The predicted octanol–water partition coefficient (Wildman–Crippen LogP) is 4.75. The average Bonchev–Trinajstić information content (AvgIpc) is 2.69. The second-order valence-electron chi connectivity index (χ2n) is 7.04. The van der Waals surface area contributed by atoms with Gasteiger partial charge in [0, 0.05) is 25.3 Å². The molecule has 158 valence electrons. The van der Waals surface area contributed by atoms with E-state index in [1.807, 2.05) is 30.3 Å². The van der Waals surface area contributed by atoms with Gasteiger partial charge in [-0.1, -0.05) is 36.4 Å². The Labute approximate surface area is 174 Å². The molecule has 2 aromatic carbocycles. The summed E-state index contributed by atoms with van der Waals surface area (Å²) >= 11 is 0. The van der Waals surface area contributed by atoms with Crippen molar-refractivity contribution < 1.29 is 22.7 Å². The van der Waals surface area contributed by atoms with Gasteiger partial charge in [0.2, 0.25) is 0 Å². The van der Waals surface area contributed by atoms with Crippen LogP contribution in [-0.4, -0.2) is 36.6 Å². The minimum atomic E-state index is -4.44. The quantitative estimate of drug-likeness (QED) is 0.698. The van der Waals surface area contributed by atoms with Crippen molar-refractivity contribution in [1.82, 2.24) is 4.90 Å². The Morgan fingerprint density at radius 2 is 1.76 bits per heavy atom. The molecule has 0 aromatic heterocycles. The molecule has 0 saturated carbocycles. The van der Waals surface area contributed by atoms with Gasteiger partial charge in [0.25, 0.3) is 0 Å². The Hall–Kier alpha value is -2.25. The molecule has 0 aliphatic carbocycles. The average molecular weight is 429 g/mol. The summed E-state index contributed by atoms with van der Waals surface area (Å²) in [7, 11) is 1.30. The number of hydrogen-bond donors (Lipinski definition) is 1. The van der Waals surface area contributed by atoms with Crippen molar-refractivity contribution in [3.63, 3.8) is 0 Å². The van der Waals surface area contributed by atoms with E-state index in [1.165, 1.54) is 24.8 Å². The van der Waals surface area contributed by atoms with Gasteiger partial charge in [-0.25, -0.2) is 4.79 Å². The Kier molecular flexibility index (Phi) is 7.54. The SMILES string of the molecule is COC(=O)C1(Nc2cccc(C(F)(F)F)c2)CCN(Cc2ccccc2)CC1.Cl. The molecule has 1 fully saturated rings. The molecule has 1 aliphatic heterocycles. The molecule has 4 nitrogen and oxygen atoms in total. The second kappa shape index (κ2) is 9.50. The van der Waals surface area contributed by atoms with Crippen LogP contribution in [0, 0.1) is 0 Å². The van der Waals surface area contributed by atoms with Crippen molar-refractivity contribution >= 4 is 24.1 Å². The number of hydrogen-bond acceptors (Lipinski definition) is 4. The van der Waals surface area contributed by atoms with Gasteiger partial charge in [0.05, 0.1) is 12.7 Å². The largest absolute Gasteiger partial charge is 0.467 e. The van der Waals surface area contributed by atoms with Gasteiger partial charge in [-0.05, 0) is 36.6 Å². The summed E-state index contributed by atoms with van der Waals surface area (Å²) in [6.07, 6.45) is -3.54. The molecule has 1 heterocycles. The normalized spacial score (nSPS) is 16.6. The molecule has 0 unspecified atom stereocenters. The molecule has 0 radical (unpaired) electrons. The number of nitrogens with one attached hydrogen (secondary N) is 1. The smallest absolute Gasteiger partial charge is 0.416 e. The van der Waals surface area contributed by atoms with Crippen LogP contribution in [0.1, 0.15) is 24.0 Å². The van der Waals surface area contributed by atoms with E-state index >= 15 is 0 Å². The van der Waals surface area contributed by atoms with E-state index in [0.717, 1.165) is 18.7 Å². The van der Waals surface area contributed by atoms with E-state index in [-0.39, 0.29) is 18.1 Å². The van der Waals surface area contributed by atoms with E-state index in [2.05, 4.69) is 10.2 Å². The van der Waals surface area contributed by atoms with Gasteiger partial charge in [-0.2, -0.15) is 13.2 Å². The van der Waals surface area contributed by atoms with Crippen LogP contribution in [-0.2, 0) is 22.3 Å². The number of rotatable bonds is 5. The summed E-state index contributed by atoms with van der Waals surface area (Å²) in [6, 6.07) is 14.9. The third kappa shape index (κ3) is 5.64. The Balaban J connectivity index is 0.00000300. The van der Waals surface area contributed by atoms with Crippen molar-refractivity contribution in [2.45, 2.75) is 31.1 Å². The maximum absolute atomic E-state index is 13.0. The van der Waals surface area contributed by atoms with E-state index < -0.39 is 23.2 Å². The van der Waals surface area contributed by atoms with Crippen molar-refractivity contribution in [3.05, 3.63) is 65.7 Å². The number of piperidine rings is 1. The lowest BCUT2D eigenvalue weighted by Crippen LogP contribution is -2.54. The predicted molar refractivity (Wildman–Crippen MR) is 108 cm³/mol. The minimum Gasteiger partial charge on any atom is -0.467 e. The lowest BCUT2D eigenvalue weighted by atomic mass is 9.86. The molecule has 1 N–H and O–H groups in total. The third-order valence-electron chi connectivity index (χ3n) is 5.11. The first-order chi connectivity index (χ1) is 13.3. The van der Waals surface area contributed by atoms with E-state index in [4.69, 9.17) is 4.74 Å². The number of carbonyl (C=O) groups excluding carboxylic acids is 1. The van der Waals surface area contributed by atoms with E-state index in [0.29, 0.717) is 25.9 Å². The van der Waals surface area contributed by atoms with Gasteiger partial charge < -0.3 is 10.1 Å². The highest BCUT2D eigenvalue weighted by atomic mass is 35.5. The van der Waals surface area contributed by atoms with Gasteiger partial charge in [0.1, 0.15) is 5.54 Å². The molecule has 3 rings (SSSR count). The highest BCUT2D eigenvalue weighted by Gasteiger charge is 2.43. The standard InChI is InChI=1S/C21H23F3N2O2.ClH/c1-28-19(27)20(25-18-9-5-8-17(14-18)21(22,23)24)10-12-26(13-11-20)15-16-6-3-2-4-7-16;/h2-9,14,25H,10-13,15H2,1H3;1H. The van der Waals surface area contributed by atoms with Crippen LogP contribution in [0.15, 0.2) is 54.6 Å². The molecular weight excluding hydrogens is 405 g/mol. The van der Waals surface area contributed by atoms with Crippen LogP contribution >= 0.6 is 12.4 Å². The van der Waals surface area contributed by atoms with E-state index in [1.54, 1.807) is 0 Å². The molecule has 0 spiro atoms. The molecule has 1 aliphatic rings. The summed E-state index contributed by atoms with van der Waals surface area (Å²) in [5, 5.41) is 3.04. The van der Waals surface area contributed by atoms with Crippen LogP contribution < -0.4 is 5.32 Å². The van der Waals surface area contributed by atoms with Crippen LogP contribution in [0.5, 0.6) is 0 Å². The third-order valence-corrected chi connectivity index (χ3v) is 5.11. The first-order valence-electron chi connectivity index (χ1n) is 9.12. The molecule has 1 saturated heterocycles. The van der Waals surface area contributed by atoms with Crippen molar-refractivity contribution in [3.8, 4) is 0 Å². The topological polar surface area (TPSA) is 41.6 Å². The zero-order valence-corrected chi connectivity index (χ0v) is 16.9. The number of halogens is 4. The Morgan fingerprint density at radius 1 is 1.10 bits per heavy atom. The lowest BCUT2D eigenvalue weighted by molar-refractivity contribution is -0.147. The first kappa shape index (κ1) is 23.0. The van der Waals surface area contributed by atoms with Gasteiger partial charge in [0.15, 0.2) is 0 Å². The number of methoxy groups -OCH3 is 1. The Morgan fingerprint density at radius 3 is 2.34 bits per heavy atom. The van der Waals surface area contributed by atoms with Crippen LogP contribution in [0.25, 0.3) is 0 Å². The van der Waals surface area contributed by atoms with Gasteiger partial charge in [-0.15, -0.1) is 12.4 Å². The fourth-order valence-electron chi connectivity index (χ4n) is 3.56. The first-order valence-corrected chi connectivity index (χ1v) is 9.12. The molecule has 29 heavy (non-hydrogen) atoms. The van der Waals surface area contributed by atoms with Gasteiger partial charge in [-0.3, -0.25) is 4.90 Å². The van der Waals surface area contributed by atoms with E-state index in [9.17, 15) is 18.0 Å². The van der Waals surface area contributed by atoms with Crippen molar-refractivity contribution in [2.24, 2.45) is 0 Å². The van der Waals surface area contributed by atoms with Gasteiger partial charge >= 0.3 is 12.1 Å². The summed E-state index contributed by atoms with van der Waals surface area (Å²) in [6.45, 7) is 2.04. The number of carbonyl (C=O) groups is 1. The van der Waals surface area contributed by atoms with Crippen LogP contribution in [0.4, 0.5) is 18.9 Å². The zero-order chi connectivity index (χ0) is 20.2. The number of benzene rings is 2. The minimum absolute atomic E-state index is 0. The molecule has 0 amide bonds. The fourth-order valence-corrected chi connectivity index (χ4v) is 3.56. The maximum Gasteiger partial charge on any atom is 0.416 e. The van der Waals surface area contributed by atoms with Crippen molar-refractivity contribution in [1.29, 1.82) is 0 Å². The maximum atomic E-state index is 13.0. The summed E-state index contributed by atoms with van der Waals surface area (Å²) < 4.78 is 44.0. The zero-order valence-electron chi connectivity index (χ0n) is 16.0. The second-order valence-corrected chi connectivity index (χ2v) is 7.04. The molecule has 0 atom stereocenters. The monoisotopic (exact) mass is 428 g/mol. The number of esters is 1. The number of alkyl halides is 3. The van der Waals surface area contributed by atoms with Crippen LogP contribution in [0.3, 0.4) is 0 Å². The lowest BCUT2D eigenvalue weighted by Gasteiger charge is -2.40. The fraction of sp³-hybridized carbons (Fsp3) is 0.381. The molecular formula is C21H24ClF3N2O2. The summed E-state index contributed by atoms with van der Waals surface area (Å²) in [4.78, 5) is 14.7. The molecule has 0 bridgehead atoms. The molecule has 2 aromatic rings. The number of likely N-dealkylation sites (tertiary alicyclic amines) is 1. The van der Waals surface area contributed by atoms with Crippen molar-refractivity contribution in [2.75, 3.05) is 25.5 Å².